The van der Waals surface area contributed by atoms with Gasteiger partial charge < -0.3 is 4.90 Å². The molecule has 1 fully saturated rings. The SMILES string of the molecule is Cc1cnc(CN2C(=O)CCSC2c2ccccn2)cn1. The number of hydrogen-bond acceptors (Lipinski definition) is 5. The van der Waals surface area contributed by atoms with Crippen LogP contribution in [0.3, 0.4) is 0 Å². The minimum Gasteiger partial charge on any atom is -0.319 e. The Balaban J connectivity index is 1.84. The highest BCUT2D eigenvalue weighted by atomic mass is 32.2. The molecule has 21 heavy (non-hydrogen) atoms. The molecule has 2 aromatic heterocycles. The molecule has 0 bridgehead atoms. The van der Waals surface area contributed by atoms with Crippen LogP contribution in [0.4, 0.5) is 0 Å². The first-order chi connectivity index (χ1) is 10.2. The average molecular weight is 300 g/mol. The number of pyridine rings is 1. The van der Waals surface area contributed by atoms with Gasteiger partial charge in [-0.05, 0) is 19.1 Å². The van der Waals surface area contributed by atoms with Crippen LogP contribution in [0, 0.1) is 6.92 Å². The first-order valence-corrected chi connectivity index (χ1v) is 7.88. The lowest BCUT2D eigenvalue weighted by Gasteiger charge is -2.34. The molecule has 1 atom stereocenters. The summed E-state index contributed by atoms with van der Waals surface area (Å²) in [6.07, 6.45) is 5.79. The molecule has 6 heteroatoms. The van der Waals surface area contributed by atoms with Crippen LogP contribution in [0.25, 0.3) is 0 Å². The highest BCUT2D eigenvalue weighted by molar-refractivity contribution is 7.99. The number of thioether (sulfide) groups is 1. The van der Waals surface area contributed by atoms with Crippen molar-refractivity contribution in [3.63, 3.8) is 0 Å². The fourth-order valence-electron chi connectivity index (χ4n) is 2.24. The van der Waals surface area contributed by atoms with Gasteiger partial charge in [0.15, 0.2) is 0 Å². The molecule has 2 aromatic rings. The normalized spacial score (nSPS) is 18.8. The van der Waals surface area contributed by atoms with Crippen molar-refractivity contribution in [1.82, 2.24) is 19.9 Å². The Morgan fingerprint density at radius 1 is 1.29 bits per heavy atom. The Hall–Kier alpha value is -1.95. The zero-order chi connectivity index (χ0) is 14.7. The number of nitrogens with zero attached hydrogens (tertiary/aromatic N) is 4. The Labute approximate surface area is 127 Å². The molecule has 0 N–H and O–H groups in total. The predicted octanol–water partition coefficient (Wildman–Crippen LogP) is 2.34. The van der Waals surface area contributed by atoms with Crippen molar-refractivity contribution in [2.24, 2.45) is 0 Å². The van der Waals surface area contributed by atoms with Crippen molar-refractivity contribution in [3.8, 4) is 0 Å². The van der Waals surface area contributed by atoms with Crippen LogP contribution in [0.5, 0.6) is 0 Å². The zero-order valence-corrected chi connectivity index (χ0v) is 12.6. The van der Waals surface area contributed by atoms with Gasteiger partial charge in [0, 0.05) is 24.6 Å². The molecule has 1 saturated heterocycles. The summed E-state index contributed by atoms with van der Waals surface area (Å²) >= 11 is 1.74. The van der Waals surface area contributed by atoms with E-state index in [-0.39, 0.29) is 11.3 Å². The van der Waals surface area contributed by atoms with E-state index in [0.717, 1.165) is 22.8 Å². The van der Waals surface area contributed by atoms with Gasteiger partial charge in [-0.2, -0.15) is 0 Å². The van der Waals surface area contributed by atoms with Gasteiger partial charge in [0.2, 0.25) is 5.91 Å². The summed E-state index contributed by atoms with van der Waals surface area (Å²) in [5.74, 6) is 0.975. The minimum absolute atomic E-state index is 0.0458. The van der Waals surface area contributed by atoms with E-state index in [1.807, 2.05) is 30.0 Å². The summed E-state index contributed by atoms with van der Waals surface area (Å²) in [5, 5.41) is -0.0458. The summed E-state index contributed by atoms with van der Waals surface area (Å²) in [7, 11) is 0. The fraction of sp³-hybridized carbons (Fsp3) is 0.333. The molecule has 1 unspecified atom stereocenters. The van der Waals surface area contributed by atoms with Gasteiger partial charge in [0.1, 0.15) is 5.37 Å². The van der Waals surface area contributed by atoms with E-state index in [1.165, 1.54) is 0 Å². The van der Waals surface area contributed by atoms with Crippen molar-refractivity contribution in [3.05, 3.63) is 53.9 Å². The Morgan fingerprint density at radius 3 is 2.90 bits per heavy atom. The van der Waals surface area contributed by atoms with Crippen molar-refractivity contribution >= 4 is 17.7 Å². The minimum atomic E-state index is -0.0458. The Morgan fingerprint density at radius 2 is 2.19 bits per heavy atom. The maximum absolute atomic E-state index is 12.3. The topological polar surface area (TPSA) is 59.0 Å². The second-order valence-electron chi connectivity index (χ2n) is 4.90. The standard InChI is InChI=1S/C15H16N4OS/c1-11-8-18-12(9-17-11)10-19-14(20)5-7-21-15(19)13-4-2-3-6-16-13/h2-4,6,8-9,15H,5,7,10H2,1H3. The molecule has 5 nitrogen and oxygen atoms in total. The summed E-state index contributed by atoms with van der Waals surface area (Å²) in [4.78, 5) is 27.1. The molecule has 108 valence electrons. The molecule has 0 aliphatic carbocycles. The van der Waals surface area contributed by atoms with Gasteiger partial charge in [-0.15, -0.1) is 11.8 Å². The molecule has 0 spiro atoms. The molecule has 0 saturated carbocycles. The third-order valence-corrected chi connectivity index (χ3v) is 4.55. The second kappa shape index (κ2) is 6.22. The van der Waals surface area contributed by atoms with Gasteiger partial charge in [0.25, 0.3) is 0 Å². The molecule has 0 radical (unpaired) electrons. The number of hydrogen-bond donors (Lipinski definition) is 0. The number of rotatable bonds is 3. The van der Waals surface area contributed by atoms with Crippen molar-refractivity contribution in [1.29, 1.82) is 0 Å². The van der Waals surface area contributed by atoms with Gasteiger partial charge >= 0.3 is 0 Å². The molecule has 0 aromatic carbocycles. The molecular formula is C15H16N4OS. The number of carbonyl (C=O) groups is 1. The molecule has 3 heterocycles. The molecular weight excluding hydrogens is 284 g/mol. The molecule has 3 rings (SSSR count). The van der Waals surface area contributed by atoms with Crippen LogP contribution in [0.15, 0.2) is 36.8 Å². The van der Waals surface area contributed by atoms with Crippen LogP contribution >= 0.6 is 11.8 Å². The second-order valence-corrected chi connectivity index (χ2v) is 6.09. The fourth-order valence-corrected chi connectivity index (χ4v) is 3.43. The number of aromatic nitrogens is 3. The number of amides is 1. The molecule has 1 aliphatic rings. The third-order valence-electron chi connectivity index (χ3n) is 3.30. The first-order valence-electron chi connectivity index (χ1n) is 6.83. The van der Waals surface area contributed by atoms with E-state index in [1.54, 1.807) is 30.4 Å². The van der Waals surface area contributed by atoms with E-state index in [4.69, 9.17) is 0 Å². The van der Waals surface area contributed by atoms with Gasteiger partial charge in [-0.25, -0.2) is 0 Å². The Bertz CT molecular complexity index is 617. The number of carbonyl (C=O) groups excluding carboxylic acids is 1. The lowest BCUT2D eigenvalue weighted by atomic mass is 10.2. The predicted molar refractivity (Wildman–Crippen MR) is 81.4 cm³/mol. The third kappa shape index (κ3) is 3.21. The zero-order valence-electron chi connectivity index (χ0n) is 11.8. The largest absolute Gasteiger partial charge is 0.319 e. The van der Waals surface area contributed by atoms with Gasteiger partial charge in [-0.3, -0.25) is 19.7 Å². The van der Waals surface area contributed by atoms with Crippen molar-refractivity contribution in [2.75, 3.05) is 5.75 Å². The number of aryl methyl sites for hydroxylation is 1. The van der Waals surface area contributed by atoms with Gasteiger partial charge in [0.05, 0.1) is 29.8 Å². The smallest absolute Gasteiger partial charge is 0.224 e. The van der Waals surface area contributed by atoms with E-state index < -0.39 is 0 Å². The quantitative estimate of drug-likeness (QED) is 0.871. The van der Waals surface area contributed by atoms with E-state index in [0.29, 0.717) is 13.0 Å². The van der Waals surface area contributed by atoms with Crippen LogP contribution in [-0.4, -0.2) is 31.5 Å². The maximum Gasteiger partial charge on any atom is 0.224 e. The highest BCUT2D eigenvalue weighted by Gasteiger charge is 2.30. The monoisotopic (exact) mass is 300 g/mol. The average Bonchev–Trinajstić information content (AvgIpc) is 2.52. The van der Waals surface area contributed by atoms with E-state index in [9.17, 15) is 4.79 Å². The maximum atomic E-state index is 12.3. The highest BCUT2D eigenvalue weighted by Crippen LogP contribution is 2.36. The van der Waals surface area contributed by atoms with E-state index >= 15 is 0 Å². The summed E-state index contributed by atoms with van der Waals surface area (Å²) in [6, 6.07) is 5.80. The molecule has 1 amide bonds. The first kappa shape index (κ1) is 14.0. The summed E-state index contributed by atoms with van der Waals surface area (Å²) in [6.45, 7) is 2.37. The lowest BCUT2D eigenvalue weighted by molar-refractivity contribution is -0.132. The van der Waals surface area contributed by atoms with Crippen LogP contribution in [0.2, 0.25) is 0 Å². The van der Waals surface area contributed by atoms with Crippen LogP contribution in [0.1, 0.15) is 28.9 Å². The van der Waals surface area contributed by atoms with Crippen LogP contribution < -0.4 is 0 Å². The lowest BCUT2D eigenvalue weighted by Crippen LogP contribution is -2.37. The van der Waals surface area contributed by atoms with E-state index in [2.05, 4.69) is 15.0 Å². The summed E-state index contributed by atoms with van der Waals surface area (Å²) < 4.78 is 0. The van der Waals surface area contributed by atoms with Crippen molar-refractivity contribution in [2.45, 2.75) is 25.3 Å². The summed E-state index contributed by atoms with van der Waals surface area (Å²) in [5.41, 5.74) is 2.59. The van der Waals surface area contributed by atoms with Gasteiger partial charge in [-0.1, -0.05) is 6.07 Å². The Kier molecular flexibility index (Phi) is 4.15. The van der Waals surface area contributed by atoms with Crippen LogP contribution in [-0.2, 0) is 11.3 Å². The van der Waals surface area contributed by atoms with Crippen molar-refractivity contribution < 1.29 is 4.79 Å². The molecule has 1 aliphatic heterocycles.